The van der Waals surface area contributed by atoms with Crippen LogP contribution in [0.4, 0.5) is 35.1 Å². The van der Waals surface area contributed by atoms with E-state index in [1.54, 1.807) is 0 Å². The van der Waals surface area contributed by atoms with E-state index in [9.17, 15) is 44.7 Å². The molecule has 1 radical (unpaired) electrons. The lowest BCUT2D eigenvalue weighted by atomic mass is 9.98. The van der Waals surface area contributed by atoms with Crippen LogP contribution in [0, 0.1) is 0 Å². The van der Waals surface area contributed by atoms with Gasteiger partial charge in [0.15, 0.2) is 0 Å². The Morgan fingerprint density at radius 2 is 0.958 bits per heavy atom. The van der Waals surface area contributed by atoms with E-state index in [-0.39, 0.29) is 23.5 Å². The molecule has 18 heteroatoms. The second-order valence-electron chi connectivity index (χ2n) is 3.03. The number of carboxylic acids is 1. The first-order valence-electron chi connectivity index (χ1n) is 3.85. The Kier molecular flexibility index (Phi) is 16.3. The molecule has 0 aliphatic heterocycles. The van der Waals surface area contributed by atoms with Gasteiger partial charge in [-0.15, -0.1) is 0 Å². The fourth-order valence-corrected chi connectivity index (χ4v) is 0.864. The van der Waals surface area contributed by atoms with Gasteiger partial charge in [-0.2, -0.15) is 35.1 Å². The Morgan fingerprint density at radius 1 is 0.708 bits per heavy atom. The molecule has 0 unspecified atom stereocenters. The van der Waals surface area contributed by atoms with E-state index in [0.717, 1.165) is 0 Å². The van der Waals surface area contributed by atoms with E-state index < -0.39 is 35.6 Å². The van der Waals surface area contributed by atoms with E-state index in [1.807, 2.05) is 0 Å². The first-order chi connectivity index (χ1) is 8.17. The Morgan fingerprint density at radius 3 is 1.17 bits per heavy atom. The summed E-state index contributed by atoms with van der Waals surface area (Å²) >= 11 is 3.40. The van der Waals surface area contributed by atoms with E-state index in [2.05, 4.69) is 12.8 Å². The second-order valence-corrected chi connectivity index (χ2v) is 3.24. The molecule has 0 fully saturated rings. The highest BCUT2D eigenvalue weighted by atomic mass is 32.1. The molecule has 151 valence electrons. The van der Waals surface area contributed by atoms with Crippen LogP contribution < -0.4 is 28.2 Å². The number of amides is 1. The minimum absolute atomic E-state index is 0. The molecule has 0 rings (SSSR count). The van der Waals surface area contributed by atoms with Gasteiger partial charge < -0.3 is 28.6 Å². The lowest BCUT2D eigenvalue weighted by molar-refractivity contribution is -0.350. The van der Waals surface area contributed by atoms with Gasteiger partial charge in [-0.3, -0.25) is 9.52 Å². The van der Waals surface area contributed by atoms with Gasteiger partial charge in [0.25, 0.3) is 0 Å². The van der Waals surface area contributed by atoms with Crippen LogP contribution >= 0.6 is 12.8 Å². The maximum atomic E-state index is 12.7. The van der Waals surface area contributed by atoms with Crippen molar-refractivity contribution in [2.45, 2.75) is 23.7 Å². The third-order valence-corrected chi connectivity index (χ3v) is 2.01. The molecule has 0 aromatic rings. The highest BCUT2D eigenvalue weighted by Crippen LogP contribution is 2.52. The summed E-state index contributed by atoms with van der Waals surface area (Å²) in [4.78, 5) is 20.0. The molecule has 0 spiro atoms. The normalized spacial score (nSPS) is 11.2. The van der Waals surface area contributed by atoms with Crippen molar-refractivity contribution < 1.29 is 73.3 Å². The zero-order valence-corrected chi connectivity index (χ0v) is 10.9. The number of carboxylic acid groups (broad SMARTS) is 1. The summed E-state index contributed by atoms with van der Waals surface area (Å²) in [6.45, 7) is 0. The van der Waals surface area contributed by atoms with E-state index in [4.69, 9.17) is 5.11 Å². The smallest absolute Gasteiger partial charge is 0.410 e. The van der Waals surface area contributed by atoms with Crippen LogP contribution in [0.1, 0.15) is 0 Å². The molecule has 4 nitrogen and oxygen atoms in total. The molecular weight excluding hydrogens is 413 g/mol. The highest BCUT2D eigenvalue weighted by Gasteiger charge is 2.84. The standard InChI is InChI=1S/C6H2F8NO3S.5FH/c7-3(8,1(16)15-19)5(11,12)6(13,14)4(9,10)2(17)18;;;;;/h(H,15,16)(H,17,18);5*1H/p-5. The second kappa shape index (κ2) is 10.3. The van der Waals surface area contributed by atoms with Crippen molar-refractivity contribution in [1.29, 1.82) is 0 Å². The summed E-state index contributed by atoms with van der Waals surface area (Å²) in [5.41, 5.74) is 0. The van der Waals surface area contributed by atoms with E-state index in [1.165, 1.54) is 0 Å². The lowest BCUT2D eigenvalue weighted by Crippen LogP contribution is -3.00. The molecule has 0 atom stereocenters. The average Bonchev–Trinajstić information content (AvgIpc) is 2.26. The summed E-state index contributed by atoms with van der Waals surface area (Å²) in [5.74, 6) is -33.9. The fourth-order valence-electron chi connectivity index (χ4n) is 0.735. The molecular formula is C6H2F13NO3S-5. The quantitative estimate of drug-likeness (QED) is 0.439. The van der Waals surface area contributed by atoms with Crippen LogP contribution in [0.25, 0.3) is 0 Å². The lowest BCUT2D eigenvalue weighted by Gasteiger charge is -2.33. The Labute approximate surface area is 127 Å². The summed E-state index contributed by atoms with van der Waals surface area (Å²) in [6.07, 6.45) is 0. The number of hydrogen-bond acceptors (Lipinski definition) is 2. The Hall–Kier alpha value is -1.62. The number of aliphatic carboxylic acids is 1. The summed E-state index contributed by atoms with van der Waals surface area (Å²) < 4.78 is 101. The molecule has 0 bridgehead atoms. The van der Waals surface area contributed by atoms with Gasteiger partial charge >= 0.3 is 35.6 Å². The molecule has 0 saturated carbocycles. The van der Waals surface area contributed by atoms with Crippen LogP contribution in [-0.4, -0.2) is 40.7 Å². The summed E-state index contributed by atoms with van der Waals surface area (Å²) in [7, 11) is 0. The molecule has 2 N–H and O–H groups in total. The maximum absolute atomic E-state index is 12.7. The maximum Gasteiger partial charge on any atom is 0.410 e. The van der Waals surface area contributed by atoms with Gasteiger partial charge in [0.1, 0.15) is 0 Å². The van der Waals surface area contributed by atoms with Gasteiger partial charge in [-0.25, -0.2) is 4.79 Å². The van der Waals surface area contributed by atoms with Crippen molar-refractivity contribution in [1.82, 2.24) is 4.72 Å². The molecule has 0 saturated heterocycles. The van der Waals surface area contributed by atoms with Crippen molar-refractivity contribution in [2.75, 3.05) is 0 Å². The minimum atomic E-state index is -7.04. The number of nitrogens with one attached hydrogen (secondary N) is 1. The van der Waals surface area contributed by atoms with Crippen molar-refractivity contribution in [3.8, 4) is 0 Å². The van der Waals surface area contributed by atoms with Crippen molar-refractivity contribution >= 4 is 24.7 Å². The summed E-state index contributed by atoms with van der Waals surface area (Å²) in [5, 5.41) is 7.67. The highest BCUT2D eigenvalue weighted by molar-refractivity contribution is 7.78. The third kappa shape index (κ3) is 4.94. The van der Waals surface area contributed by atoms with Gasteiger partial charge in [-0.1, -0.05) is 0 Å². The SMILES string of the molecule is O=C(O)C(F)(F)C(F)(F)C(F)(F)C(F)(F)C(=O)N[S].[F-].[F-].[F-].[F-].[F-]. The number of alkyl halides is 8. The molecule has 0 aliphatic rings. The fraction of sp³-hybridized carbons (Fsp3) is 0.667. The van der Waals surface area contributed by atoms with E-state index >= 15 is 0 Å². The average molecular weight is 415 g/mol. The van der Waals surface area contributed by atoms with Crippen molar-refractivity contribution in [2.24, 2.45) is 0 Å². The van der Waals surface area contributed by atoms with E-state index in [0.29, 0.717) is 4.72 Å². The third-order valence-electron chi connectivity index (χ3n) is 1.83. The first kappa shape index (κ1) is 38.1. The monoisotopic (exact) mass is 415 g/mol. The zero-order valence-electron chi connectivity index (χ0n) is 10.1. The van der Waals surface area contributed by atoms with Gasteiger partial charge in [0.05, 0.1) is 0 Å². The predicted molar refractivity (Wildman–Crippen MR) is 43.2 cm³/mol. The van der Waals surface area contributed by atoms with Crippen LogP contribution in [0.2, 0.25) is 0 Å². The van der Waals surface area contributed by atoms with Crippen molar-refractivity contribution in [3.05, 3.63) is 0 Å². The van der Waals surface area contributed by atoms with Crippen LogP contribution in [-0.2, 0) is 9.59 Å². The number of carbonyl (C=O) groups is 2. The van der Waals surface area contributed by atoms with Crippen LogP contribution in [0.3, 0.4) is 0 Å². The predicted octanol–water partition coefficient (Wildman–Crippen LogP) is -13.1. The number of rotatable bonds is 5. The Balaban J connectivity index is -0.000000162. The largest absolute Gasteiger partial charge is 1.00 e. The number of hydrogen-bond donors (Lipinski definition) is 2. The molecule has 0 aliphatic carbocycles. The molecule has 0 heterocycles. The van der Waals surface area contributed by atoms with Gasteiger partial charge in [0.2, 0.25) is 0 Å². The molecule has 0 aromatic carbocycles. The zero-order chi connectivity index (χ0) is 15.9. The number of carbonyl (C=O) groups excluding carboxylic acids is 1. The van der Waals surface area contributed by atoms with Gasteiger partial charge in [-0.05, 0) is 0 Å². The minimum Gasteiger partial charge on any atom is -1.00 e. The van der Waals surface area contributed by atoms with Crippen LogP contribution in [0.15, 0.2) is 0 Å². The topological polar surface area (TPSA) is 66.4 Å². The first-order valence-corrected chi connectivity index (χ1v) is 4.26. The van der Waals surface area contributed by atoms with Crippen LogP contribution in [0.5, 0.6) is 0 Å². The molecule has 0 aromatic heterocycles. The molecule has 1 amide bonds. The van der Waals surface area contributed by atoms with Gasteiger partial charge in [0, 0.05) is 12.8 Å². The van der Waals surface area contributed by atoms with Crippen molar-refractivity contribution in [3.63, 3.8) is 0 Å². The Bertz CT molecular complexity index is 403. The summed E-state index contributed by atoms with van der Waals surface area (Å²) in [6, 6.07) is 0. The molecule has 24 heavy (non-hydrogen) atoms. The number of halogens is 13.